The van der Waals surface area contributed by atoms with Crippen LogP contribution >= 0.6 is 23.4 Å². The lowest BCUT2D eigenvalue weighted by atomic mass is 9.85. The van der Waals surface area contributed by atoms with E-state index >= 15 is 0 Å². The first-order chi connectivity index (χ1) is 22.5. The van der Waals surface area contributed by atoms with Crippen molar-refractivity contribution >= 4 is 41.1 Å². The molecule has 4 aromatic rings. The number of ether oxygens (including phenoxy) is 2. The lowest BCUT2D eigenvalue weighted by Crippen LogP contribution is -2.46. The number of carbonyl (C=O) groups excluding carboxylic acids is 2. The first-order valence-corrected chi connectivity index (χ1v) is 16.9. The molecule has 3 unspecified atom stereocenters. The summed E-state index contributed by atoms with van der Waals surface area (Å²) < 4.78 is 11.3. The molecule has 3 N–H and O–H groups in total. The number of alkyl carbamates (subject to hydrolysis) is 1. The zero-order chi connectivity index (χ0) is 32.1. The van der Waals surface area contributed by atoms with E-state index in [0.717, 1.165) is 59.1 Å². The molecule has 0 saturated carbocycles. The van der Waals surface area contributed by atoms with Crippen molar-refractivity contribution in [3.05, 3.63) is 131 Å². The molecular formula is C37H40ClN3O4S. The average molecular weight is 658 g/mol. The van der Waals surface area contributed by atoms with Crippen molar-refractivity contribution in [1.29, 1.82) is 0 Å². The van der Waals surface area contributed by atoms with Gasteiger partial charge in [0.25, 0.3) is 0 Å². The zero-order valence-electron chi connectivity index (χ0n) is 25.9. The Morgan fingerprint density at radius 3 is 2.20 bits per heavy atom. The van der Waals surface area contributed by atoms with Crippen LogP contribution in [0, 0.1) is 0 Å². The molecule has 1 heterocycles. The second-order valence-electron chi connectivity index (χ2n) is 11.3. The summed E-state index contributed by atoms with van der Waals surface area (Å²) in [5, 5.41) is 10.1. The van der Waals surface area contributed by atoms with Gasteiger partial charge in [-0.1, -0.05) is 90.5 Å². The lowest BCUT2D eigenvalue weighted by Gasteiger charge is -2.31. The van der Waals surface area contributed by atoms with E-state index in [-0.39, 0.29) is 24.0 Å². The van der Waals surface area contributed by atoms with Crippen LogP contribution in [0.15, 0.2) is 114 Å². The fourth-order valence-electron chi connectivity index (χ4n) is 5.66. The van der Waals surface area contributed by atoms with Crippen LogP contribution in [0.1, 0.15) is 35.4 Å². The molecule has 7 nitrogen and oxygen atoms in total. The Morgan fingerprint density at radius 2 is 1.52 bits per heavy atom. The molecule has 0 aliphatic carbocycles. The summed E-state index contributed by atoms with van der Waals surface area (Å²) in [4.78, 5) is 27.4. The van der Waals surface area contributed by atoms with Crippen LogP contribution in [0.3, 0.4) is 0 Å². The largest absolute Gasteiger partial charge is 0.453 e. The number of para-hydroxylation sites is 1. The van der Waals surface area contributed by atoms with Crippen LogP contribution in [0.5, 0.6) is 0 Å². The summed E-state index contributed by atoms with van der Waals surface area (Å²) in [7, 11) is 1.30. The van der Waals surface area contributed by atoms with Crippen LogP contribution in [0.25, 0.3) is 0 Å². The number of anilines is 1. The molecule has 0 spiro atoms. The van der Waals surface area contributed by atoms with Gasteiger partial charge in [0, 0.05) is 40.4 Å². The number of thioether (sulfide) groups is 1. The van der Waals surface area contributed by atoms with Gasteiger partial charge in [-0.3, -0.25) is 4.79 Å². The molecule has 2 amide bonds. The van der Waals surface area contributed by atoms with Crippen molar-refractivity contribution in [2.75, 3.05) is 31.3 Å². The minimum absolute atomic E-state index is 0.0552. The molecule has 9 heteroatoms. The Kier molecular flexibility index (Phi) is 12.5. The van der Waals surface area contributed by atoms with Crippen LogP contribution in [0.4, 0.5) is 10.5 Å². The number of halogens is 1. The molecule has 1 aliphatic rings. The number of amides is 2. The number of aryl methyl sites for hydroxylation is 1. The Morgan fingerprint density at radius 1 is 0.891 bits per heavy atom. The first kappa shape index (κ1) is 33.5. The number of methoxy groups -OCH3 is 1. The fraction of sp³-hybridized carbons (Fsp3) is 0.297. The number of carbonyl (C=O) groups is 2. The molecule has 3 atom stereocenters. The minimum Gasteiger partial charge on any atom is -0.453 e. The third kappa shape index (κ3) is 9.84. The molecule has 1 saturated heterocycles. The van der Waals surface area contributed by atoms with E-state index < -0.39 is 12.1 Å². The molecule has 4 aromatic carbocycles. The van der Waals surface area contributed by atoms with Gasteiger partial charge < -0.3 is 25.4 Å². The van der Waals surface area contributed by atoms with E-state index in [4.69, 9.17) is 21.1 Å². The summed E-state index contributed by atoms with van der Waals surface area (Å²) in [5.74, 6) is 0.427. The van der Waals surface area contributed by atoms with Crippen LogP contribution in [0.2, 0.25) is 5.02 Å². The predicted octanol–water partition coefficient (Wildman–Crippen LogP) is 7.31. The Hall–Kier alpha value is -3.82. The third-order valence-electron chi connectivity index (χ3n) is 8.06. The van der Waals surface area contributed by atoms with Gasteiger partial charge >= 0.3 is 6.09 Å². The molecule has 0 bridgehead atoms. The number of rotatable bonds is 13. The van der Waals surface area contributed by atoms with E-state index in [2.05, 4.69) is 16.0 Å². The minimum atomic E-state index is -0.837. The van der Waals surface area contributed by atoms with Gasteiger partial charge in [-0.05, 0) is 66.3 Å². The van der Waals surface area contributed by atoms with Crippen LogP contribution in [-0.2, 0) is 20.7 Å². The standard InChI is InChI=1S/C37H40ClN3O4S/c1-44-37(43)41-35(22-33(26-10-4-2-5-11-26)27-12-6-3-7-13-27)36(42)40-34-15-9-8-14-28(34)16-19-30-23-39-24-31(45-30)25-46-32-20-17-29(38)18-21-32/h2-15,17-18,20-21,30-31,33,35,39H,16,19,22-25H2,1H3,(H,40,42)(H,41,43). The fourth-order valence-corrected chi connectivity index (χ4v) is 6.69. The third-order valence-corrected chi connectivity index (χ3v) is 9.45. The molecule has 46 heavy (non-hydrogen) atoms. The van der Waals surface area contributed by atoms with Crippen LogP contribution in [-0.4, -0.2) is 56.2 Å². The van der Waals surface area contributed by atoms with E-state index in [1.54, 1.807) is 11.8 Å². The highest BCUT2D eigenvalue weighted by Gasteiger charge is 2.28. The van der Waals surface area contributed by atoms with Gasteiger partial charge in [-0.25, -0.2) is 4.79 Å². The SMILES string of the molecule is COC(=O)NC(CC(c1ccccc1)c1ccccc1)C(=O)Nc1ccccc1CCC1CNCC(CSc2ccc(Cl)cc2)O1. The van der Waals surface area contributed by atoms with Gasteiger partial charge in [0.1, 0.15) is 6.04 Å². The summed E-state index contributed by atoms with van der Waals surface area (Å²) in [5.41, 5.74) is 3.85. The van der Waals surface area contributed by atoms with Crippen LogP contribution < -0.4 is 16.0 Å². The summed E-state index contributed by atoms with van der Waals surface area (Å²) in [6.45, 7) is 1.59. The zero-order valence-corrected chi connectivity index (χ0v) is 27.4. The van der Waals surface area contributed by atoms with E-state index in [0.29, 0.717) is 6.42 Å². The maximum absolute atomic E-state index is 13.8. The smallest absolute Gasteiger partial charge is 0.407 e. The van der Waals surface area contributed by atoms with Crippen molar-refractivity contribution in [1.82, 2.24) is 10.6 Å². The van der Waals surface area contributed by atoms with Crippen molar-refractivity contribution < 1.29 is 19.1 Å². The highest BCUT2D eigenvalue weighted by Crippen LogP contribution is 2.30. The molecule has 0 radical (unpaired) electrons. The first-order valence-electron chi connectivity index (χ1n) is 15.6. The quantitative estimate of drug-likeness (QED) is 0.131. The topological polar surface area (TPSA) is 88.7 Å². The number of hydrogen-bond acceptors (Lipinski definition) is 6. The molecule has 240 valence electrons. The van der Waals surface area contributed by atoms with Crippen molar-refractivity contribution in [3.8, 4) is 0 Å². The normalized spacial score (nSPS) is 16.8. The number of nitrogens with one attached hydrogen (secondary N) is 3. The average Bonchev–Trinajstić information content (AvgIpc) is 3.10. The number of morpholine rings is 1. The second-order valence-corrected chi connectivity index (χ2v) is 12.8. The van der Waals surface area contributed by atoms with E-state index in [9.17, 15) is 9.59 Å². The maximum Gasteiger partial charge on any atom is 0.407 e. The van der Waals surface area contributed by atoms with E-state index in [1.807, 2.05) is 109 Å². The van der Waals surface area contributed by atoms with Crippen molar-refractivity contribution in [2.45, 2.75) is 48.3 Å². The van der Waals surface area contributed by atoms with Gasteiger partial charge in [0.2, 0.25) is 5.91 Å². The molecule has 0 aromatic heterocycles. The molecule has 5 rings (SSSR count). The Balaban J connectivity index is 1.23. The molecule has 1 fully saturated rings. The molecule has 1 aliphatic heterocycles. The monoisotopic (exact) mass is 657 g/mol. The lowest BCUT2D eigenvalue weighted by molar-refractivity contribution is -0.118. The van der Waals surface area contributed by atoms with Gasteiger partial charge in [0.05, 0.1) is 19.3 Å². The number of hydrogen-bond donors (Lipinski definition) is 3. The second kappa shape index (κ2) is 17.2. The van der Waals surface area contributed by atoms with Gasteiger partial charge in [0.15, 0.2) is 0 Å². The van der Waals surface area contributed by atoms with Crippen molar-refractivity contribution in [2.24, 2.45) is 0 Å². The van der Waals surface area contributed by atoms with Gasteiger partial charge in [-0.2, -0.15) is 0 Å². The highest BCUT2D eigenvalue weighted by molar-refractivity contribution is 7.99. The highest BCUT2D eigenvalue weighted by atomic mass is 35.5. The summed E-state index contributed by atoms with van der Waals surface area (Å²) in [6.07, 6.45) is 1.38. The molecular weight excluding hydrogens is 618 g/mol. The van der Waals surface area contributed by atoms with Gasteiger partial charge in [-0.15, -0.1) is 11.8 Å². The summed E-state index contributed by atoms with van der Waals surface area (Å²) >= 11 is 7.78. The Bertz CT molecular complexity index is 1500. The Labute approximate surface area is 280 Å². The van der Waals surface area contributed by atoms with Crippen molar-refractivity contribution in [3.63, 3.8) is 0 Å². The number of benzene rings is 4. The maximum atomic E-state index is 13.8. The summed E-state index contributed by atoms with van der Waals surface area (Å²) in [6, 6.07) is 34.9. The van der Waals surface area contributed by atoms with E-state index in [1.165, 1.54) is 12.0 Å². The predicted molar refractivity (Wildman–Crippen MR) is 186 cm³/mol.